The van der Waals surface area contributed by atoms with E-state index in [4.69, 9.17) is 32.7 Å². The van der Waals surface area contributed by atoms with E-state index < -0.39 is 16.1 Å². The van der Waals surface area contributed by atoms with Crippen LogP contribution < -0.4 is 14.4 Å². The second kappa shape index (κ2) is 10.4. The van der Waals surface area contributed by atoms with Crippen molar-refractivity contribution in [2.24, 2.45) is 0 Å². The molecule has 1 fully saturated rings. The number of methoxy groups -OCH3 is 1. The zero-order valence-electron chi connectivity index (χ0n) is 18.1. The Morgan fingerprint density at radius 1 is 1.06 bits per heavy atom. The quantitative estimate of drug-likeness (QED) is 0.189. The van der Waals surface area contributed by atoms with Gasteiger partial charge in [0.1, 0.15) is 6.61 Å². The number of nitro groups is 1. The van der Waals surface area contributed by atoms with E-state index in [0.717, 1.165) is 16.7 Å². The summed E-state index contributed by atoms with van der Waals surface area (Å²) in [6.45, 7) is 0.105. The number of halogens is 2. The molecule has 3 aromatic rings. The number of carbonyl (C=O) groups excluding carboxylic acids is 2. The van der Waals surface area contributed by atoms with Gasteiger partial charge in [-0.25, -0.2) is 4.90 Å². The lowest BCUT2D eigenvalue weighted by atomic mass is 10.1. The van der Waals surface area contributed by atoms with Gasteiger partial charge in [-0.1, -0.05) is 23.2 Å². The fourth-order valence-electron chi connectivity index (χ4n) is 3.26. The first-order valence-corrected chi connectivity index (χ1v) is 11.6. The van der Waals surface area contributed by atoms with Gasteiger partial charge in [0.15, 0.2) is 11.5 Å². The zero-order valence-corrected chi connectivity index (χ0v) is 20.4. The number of hydrogen-bond acceptors (Lipinski definition) is 7. The monoisotopic (exact) mass is 530 g/mol. The molecule has 0 aromatic heterocycles. The number of rotatable bonds is 7. The van der Waals surface area contributed by atoms with Crippen LogP contribution in [0, 0.1) is 10.1 Å². The highest BCUT2D eigenvalue weighted by Gasteiger charge is 2.36. The number of non-ortho nitro benzene ring substituents is 1. The summed E-state index contributed by atoms with van der Waals surface area (Å²) in [5.74, 6) is 0.137. The molecule has 1 heterocycles. The fraction of sp³-hybridized carbons (Fsp3) is 0.0833. The van der Waals surface area contributed by atoms with E-state index in [1.54, 1.807) is 54.6 Å². The molecule has 1 aliphatic rings. The maximum atomic E-state index is 12.9. The van der Waals surface area contributed by atoms with Gasteiger partial charge in [0, 0.05) is 17.2 Å². The number of carbonyl (C=O) groups is 2. The highest BCUT2D eigenvalue weighted by atomic mass is 35.5. The highest BCUT2D eigenvalue weighted by molar-refractivity contribution is 8.19. The van der Waals surface area contributed by atoms with Crippen molar-refractivity contribution in [2.45, 2.75) is 6.61 Å². The van der Waals surface area contributed by atoms with Crippen molar-refractivity contribution in [2.75, 3.05) is 12.0 Å². The van der Waals surface area contributed by atoms with Crippen molar-refractivity contribution in [1.29, 1.82) is 0 Å². The van der Waals surface area contributed by atoms with Crippen molar-refractivity contribution >= 4 is 63.6 Å². The number of amides is 2. The van der Waals surface area contributed by atoms with Crippen LogP contribution in [-0.4, -0.2) is 23.2 Å². The van der Waals surface area contributed by atoms with Crippen LogP contribution in [0.2, 0.25) is 10.0 Å². The fourth-order valence-corrected chi connectivity index (χ4v) is 4.51. The molecule has 0 unspecified atom stereocenters. The Labute approximate surface area is 214 Å². The van der Waals surface area contributed by atoms with Crippen LogP contribution >= 0.6 is 35.0 Å². The molecule has 2 amide bonds. The van der Waals surface area contributed by atoms with Gasteiger partial charge in [-0.3, -0.25) is 19.7 Å². The summed E-state index contributed by atoms with van der Waals surface area (Å²) in [6, 6.07) is 15.6. The summed E-state index contributed by atoms with van der Waals surface area (Å²) in [6.07, 6.45) is 1.55. The highest BCUT2D eigenvalue weighted by Crippen LogP contribution is 2.40. The molecule has 11 heteroatoms. The maximum Gasteiger partial charge on any atom is 0.298 e. The Morgan fingerprint density at radius 2 is 1.74 bits per heavy atom. The van der Waals surface area contributed by atoms with Gasteiger partial charge in [-0.15, -0.1) is 0 Å². The van der Waals surface area contributed by atoms with E-state index in [1.807, 2.05) is 0 Å². The third-order valence-corrected chi connectivity index (χ3v) is 6.36. The minimum Gasteiger partial charge on any atom is -0.493 e. The van der Waals surface area contributed by atoms with Crippen molar-refractivity contribution in [3.63, 3.8) is 0 Å². The molecule has 1 aliphatic heterocycles. The third kappa shape index (κ3) is 5.43. The first-order valence-electron chi connectivity index (χ1n) is 10.0. The first kappa shape index (κ1) is 24.6. The molecular weight excluding hydrogens is 515 g/mol. The predicted molar refractivity (Wildman–Crippen MR) is 135 cm³/mol. The first-order chi connectivity index (χ1) is 16.8. The summed E-state index contributed by atoms with van der Waals surface area (Å²) in [5.41, 5.74) is 1.64. The lowest BCUT2D eigenvalue weighted by Crippen LogP contribution is -2.27. The number of anilines is 1. The van der Waals surface area contributed by atoms with Gasteiger partial charge in [0.25, 0.3) is 16.8 Å². The molecule has 0 radical (unpaired) electrons. The summed E-state index contributed by atoms with van der Waals surface area (Å²) in [7, 11) is 1.45. The summed E-state index contributed by atoms with van der Waals surface area (Å²) >= 11 is 13.1. The Bertz CT molecular complexity index is 1340. The van der Waals surface area contributed by atoms with E-state index in [-0.39, 0.29) is 28.0 Å². The van der Waals surface area contributed by atoms with E-state index in [2.05, 4.69) is 0 Å². The number of imide groups is 1. The van der Waals surface area contributed by atoms with Crippen LogP contribution in [-0.2, 0) is 11.4 Å². The standard InChI is InChI=1S/C24H16Cl2N2O6S/c1-33-20-11-15(10-19(26)22(20)34-13-14-2-6-18(7-3-14)28(31)32)12-21-23(29)27(24(30)35-21)17-8-4-16(25)5-9-17/h2-12H,13H2,1H3/b21-12+. The molecule has 35 heavy (non-hydrogen) atoms. The molecule has 0 bridgehead atoms. The number of nitro benzene ring substituents is 1. The van der Waals surface area contributed by atoms with Gasteiger partial charge in [0.2, 0.25) is 0 Å². The average molecular weight is 531 g/mol. The second-order valence-electron chi connectivity index (χ2n) is 7.24. The largest absolute Gasteiger partial charge is 0.493 e. The Hall–Kier alpha value is -3.53. The summed E-state index contributed by atoms with van der Waals surface area (Å²) in [4.78, 5) is 37.0. The second-order valence-corrected chi connectivity index (χ2v) is 9.08. The van der Waals surface area contributed by atoms with Gasteiger partial charge >= 0.3 is 0 Å². The van der Waals surface area contributed by atoms with Crippen LogP contribution in [0.3, 0.4) is 0 Å². The van der Waals surface area contributed by atoms with E-state index in [9.17, 15) is 19.7 Å². The zero-order chi connectivity index (χ0) is 25.1. The SMILES string of the molecule is COc1cc(/C=C2/SC(=O)N(c3ccc(Cl)cc3)C2=O)cc(Cl)c1OCc1ccc([N+](=O)[O-])cc1. The van der Waals surface area contributed by atoms with Gasteiger partial charge < -0.3 is 9.47 Å². The Kier molecular flexibility index (Phi) is 7.30. The van der Waals surface area contributed by atoms with Gasteiger partial charge in [0.05, 0.1) is 27.6 Å². The molecule has 0 aliphatic carbocycles. The minimum absolute atomic E-state index is 0.0193. The lowest BCUT2D eigenvalue weighted by Gasteiger charge is -2.14. The summed E-state index contributed by atoms with van der Waals surface area (Å²) in [5, 5.41) is 11.1. The number of benzene rings is 3. The van der Waals surface area contributed by atoms with Crippen molar-refractivity contribution in [3.8, 4) is 11.5 Å². The minimum atomic E-state index is -0.479. The smallest absolute Gasteiger partial charge is 0.298 e. The molecular formula is C24H16Cl2N2O6S. The molecule has 8 nitrogen and oxygen atoms in total. The van der Waals surface area contributed by atoms with Crippen molar-refractivity contribution in [1.82, 2.24) is 0 Å². The molecule has 0 N–H and O–H groups in total. The Balaban J connectivity index is 1.54. The molecule has 0 saturated carbocycles. The lowest BCUT2D eigenvalue weighted by molar-refractivity contribution is -0.384. The van der Waals surface area contributed by atoms with Crippen molar-refractivity contribution < 1.29 is 24.0 Å². The molecule has 1 saturated heterocycles. The van der Waals surface area contributed by atoms with Gasteiger partial charge in [-0.2, -0.15) is 0 Å². The van der Waals surface area contributed by atoms with E-state index >= 15 is 0 Å². The van der Waals surface area contributed by atoms with Crippen LogP contribution in [0.4, 0.5) is 16.2 Å². The van der Waals surface area contributed by atoms with E-state index in [1.165, 1.54) is 19.2 Å². The normalized spacial score (nSPS) is 14.5. The van der Waals surface area contributed by atoms with E-state index in [0.29, 0.717) is 27.6 Å². The number of ether oxygens (including phenoxy) is 2. The maximum absolute atomic E-state index is 12.9. The van der Waals surface area contributed by atoms with Crippen LogP contribution in [0.15, 0.2) is 65.6 Å². The molecule has 3 aromatic carbocycles. The molecule has 0 spiro atoms. The van der Waals surface area contributed by atoms with Crippen LogP contribution in [0.1, 0.15) is 11.1 Å². The number of hydrogen-bond donors (Lipinski definition) is 0. The Morgan fingerprint density at radius 3 is 2.37 bits per heavy atom. The van der Waals surface area contributed by atoms with Gasteiger partial charge in [-0.05, 0) is 77.5 Å². The topological polar surface area (TPSA) is 99.0 Å². The molecule has 178 valence electrons. The summed E-state index contributed by atoms with van der Waals surface area (Å²) < 4.78 is 11.2. The average Bonchev–Trinajstić information content (AvgIpc) is 3.11. The van der Waals surface area contributed by atoms with Crippen molar-refractivity contribution in [3.05, 3.63) is 96.9 Å². The number of nitrogens with zero attached hydrogens (tertiary/aromatic N) is 2. The molecule has 0 atom stereocenters. The van der Waals surface area contributed by atoms with Crippen LogP contribution in [0.5, 0.6) is 11.5 Å². The number of thioether (sulfide) groups is 1. The third-order valence-electron chi connectivity index (χ3n) is 4.96. The van der Waals surface area contributed by atoms with Crippen LogP contribution in [0.25, 0.3) is 6.08 Å². The molecule has 4 rings (SSSR count). The predicted octanol–water partition coefficient (Wildman–Crippen LogP) is 6.73.